The van der Waals surface area contributed by atoms with Crippen LogP contribution in [0.1, 0.15) is 61.4 Å². The third-order valence-electron chi connectivity index (χ3n) is 7.12. The van der Waals surface area contributed by atoms with Gasteiger partial charge in [0.2, 0.25) is 0 Å². The Hall–Kier alpha value is -2.86. The summed E-state index contributed by atoms with van der Waals surface area (Å²) in [6, 6.07) is 18.6. The summed E-state index contributed by atoms with van der Waals surface area (Å²) in [5, 5.41) is 3.34. The van der Waals surface area contributed by atoms with E-state index >= 15 is 4.39 Å². The van der Waals surface area contributed by atoms with Crippen LogP contribution < -0.4 is 10.1 Å². The number of nitrogens with one attached hydrogen (secondary N) is 1. The standard InChI is InChI=1S/C32H38F4NO/c1-6-24(5)31(20-22(2)3,30-28(32(34,35)36)11-8-12-29(30)33)26-9-7-10-27(19-26)38-18-17-37-21-25-15-13-23(4)14-16-25/h7-16,19,22,24,37H,1,6,17-18,20-21H2,2-5H3. The van der Waals surface area contributed by atoms with Gasteiger partial charge in [-0.3, -0.25) is 0 Å². The molecule has 2 atom stereocenters. The van der Waals surface area contributed by atoms with Crippen LogP contribution in [0.15, 0.2) is 66.7 Å². The summed E-state index contributed by atoms with van der Waals surface area (Å²) < 4.78 is 64.2. The number of aryl methyl sites for hydroxylation is 1. The maximum Gasteiger partial charge on any atom is 0.416 e. The van der Waals surface area contributed by atoms with E-state index in [2.05, 4.69) is 36.5 Å². The SMILES string of the molecule is [CH2]CC(C)C(CC(C)C)(c1cccc(OCCNCc2ccc(C)cc2)c1)c1c(F)cccc1C(F)(F)F. The van der Waals surface area contributed by atoms with E-state index in [0.29, 0.717) is 43.9 Å². The second kappa shape index (κ2) is 12.8. The Morgan fingerprint density at radius 1 is 0.947 bits per heavy atom. The van der Waals surface area contributed by atoms with Crippen molar-refractivity contribution in [3.05, 3.63) is 107 Å². The van der Waals surface area contributed by atoms with Gasteiger partial charge in [0.15, 0.2) is 0 Å². The van der Waals surface area contributed by atoms with Crippen molar-refractivity contribution in [1.82, 2.24) is 5.32 Å². The molecule has 0 amide bonds. The minimum atomic E-state index is -4.70. The van der Waals surface area contributed by atoms with Gasteiger partial charge in [0.25, 0.3) is 0 Å². The second-order valence-electron chi connectivity index (χ2n) is 10.5. The summed E-state index contributed by atoms with van der Waals surface area (Å²) in [5.41, 5.74) is 0.484. The van der Waals surface area contributed by atoms with Crippen molar-refractivity contribution in [2.24, 2.45) is 11.8 Å². The van der Waals surface area contributed by atoms with E-state index < -0.39 is 23.0 Å². The van der Waals surface area contributed by atoms with Gasteiger partial charge in [-0.15, -0.1) is 0 Å². The smallest absolute Gasteiger partial charge is 0.416 e. The molecule has 3 aromatic carbocycles. The second-order valence-corrected chi connectivity index (χ2v) is 10.5. The predicted octanol–water partition coefficient (Wildman–Crippen LogP) is 8.51. The molecule has 0 aliphatic carbocycles. The zero-order valence-electron chi connectivity index (χ0n) is 22.7. The van der Waals surface area contributed by atoms with Crippen molar-refractivity contribution in [2.75, 3.05) is 13.2 Å². The summed E-state index contributed by atoms with van der Waals surface area (Å²) in [7, 11) is 0. The maximum absolute atomic E-state index is 15.5. The van der Waals surface area contributed by atoms with Gasteiger partial charge in [-0.05, 0) is 67.0 Å². The molecule has 0 aliphatic rings. The van der Waals surface area contributed by atoms with E-state index in [-0.39, 0.29) is 17.4 Å². The summed E-state index contributed by atoms with van der Waals surface area (Å²) in [5.74, 6) is -0.684. The van der Waals surface area contributed by atoms with Crippen LogP contribution in [0.5, 0.6) is 5.75 Å². The fraction of sp³-hybridized carbons (Fsp3) is 0.406. The minimum absolute atomic E-state index is 0.000221. The quantitative estimate of drug-likeness (QED) is 0.188. The molecule has 0 aliphatic heterocycles. The van der Waals surface area contributed by atoms with E-state index in [1.54, 1.807) is 24.3 Å². The molecular formula is C32H38F4NO. The molecule has 0 heterocycles. The Morgan fingerprint density at radius 3 is 2.26 bits per heavy atom. The number of halogens is 4. The van der Waals surface area contributed by atoms with Crippen LogP contribution >= 0.6 is 0 Å². The summed E-state index contributed by atoms with van der Waals surface area (Å²) in [6.07, 6.45) is -4.03. The highest BCUT2D eigenvalue weighted by molar-refractivity contribution is 5.48. The molecule has 1 radical (unpaired) electrons. The zero-order chi connectivity index (χ0) is 27.9. The maximum atomic E-state index is 15.5. The lowest BCUT2D eigenvalue weighted by atomic mass is 9.60. The molecule has 1 N–H and O–H groups in total. The number of hydrogen-bond acceptors (Lipinski definition) is 2. The molecule has 2 nitrogen and oxygen atoms in total. The minimum Gasteiger partial charge on any atom is -0.492 e. The van der Waals surface area contributed by atoms with Crippen LogP contribution in [0.4, 0.5) is 17.6 Å². The Bertz CT molecular complexity index is 1170. The third-order valence-corrected chi connectivity index (χ3v) is 7.12. The molecule has 3 aromatic rings. The highest BCUT2D eigenvalue weighted by atomic mass is 19.4. The van der Waals surface area contributed by atoms with Crippen LogP contribution in [0.2, 0.25) is 0 Å². The molecular weight excluding hydrogens is 490 g/mol. The van der Waals surface area contributed by atoms with Gasteiger partial charge in [-0.2, -0.15) is 13.2 Å². The fourth-order valence-corrected chi connectivity index (χ4v) is 5.24. The topological polar surface area (TPSA) is 21.3 Å². The Morgan fingerprint density at radius 2 is 1.63 bits per heavy atom. The summed E-state index contributed by atoms with van der Waals surface area (Å²) in [6.45, 7) is 13.5. The van der Waals surface area contributed by atoms with E-state index in [9.17, 15) is 13.2 Å². The average molecular weight is 529 g/mol. The van der Waals surface area contributed by atoms with Crippen molar-refractivity contribution in [3.8, 4) is 5.75 Å². The lowest BCUT2D eigenvalue weighted by Gasteiger charge is -2.43. The number of alkyl halides is 3. The van der Waals surface area contributed by atoms with Gasteiger partial charge >= 0.3 is 6.18 Å². The number of rotatable bonds is 12. The zero-order valence-corrected chi connectivity index (χ0v) is 22.7. The van der Waals surface area contributed by atoms with E-state index in [1.807, 2.05) is 27.7 Å². The lowest BCUT2D eigenvalue weighted by molar-refractivity contribution is -0.139. The van der Waals surface area contributed by atoms with Crippen LogP contribution in [-0.4, -0.2) is 13.2 Å². The first-order valence-corrected chi connectivity index (χ1v) is 13.1. The largest absolute Gasteiger partial charge is 0.492 e. The van der Waals surface area contributed by atoms with Crippen molar-refractivity contribution >= 4 is 0 Å². The number of benzene rings is 3. The highest BCUT2D eigenvalue weighted by Crippen LogP contribution is 2.51. The predicted molar refractivity (Wildman–Crippen MR) is 146 cm³/mol. The molecule has 38 heavy (non-hydrogen) atoms. The van der Waals surface area contributed by atoms with Gasteiger partial charge in [0, 0.05) is 24.1 Å². The molecule has 0 bridgehead atoms. The molecule has 2 unspecified atom stereocenters. The summed E-state index contributed by atoms with van der Waals surface area (Å²) >= 11 is 0. The van der Waals surface area contributed by atoms with Gasteiger partial charge in [-0.25, -0.2) is 4.39 Å². The Labute approximate surface area is 224 Å². The lowest BCUT2D eigenvalue weighted by Crippen LogP contribution is -2.39. The molecule has 0 aromatic heterocycles. The van der Waals surface area contributed by atoms with Gasteiger partial charge < -0.3 is 10.1 Å². The number of ether oxygens (including phenoxy) is 1. The van der Waals surface area contributed by atoms with Gasteiger partial charge in [0.1, 0.15) is 18.2 Å². The van der Waals surface area contributed by atoms with Crippen LogP contribution in [-0.2, 0) is 18.1 Å². The summed E-state index contributed by atoms with van der Waals surface area (Å²) in [4.78, 5) is 0. The molecule has 0 fully saturated rings. The van der Waals surface area contributed by atoms with E-state index in [0.717, 1.165) is 18.2 Å². The average Bonchev–Trinajstić information content (AvgIpc) is 2.87. The molecule has 6 heteroatoms. The molecule has 0 spiro atoms. The van der Waals surface area contributed by atoms with Crippen molar-refractivity contribution < 1.29 is 22.3 Å². The first-order valence-electron chi connectivity index (χ1n) is 13.1. The molecule has 0 saturated carbocycles. The normalized spacial score (nSPS) is 14.4. The van der Waals surface area contributed by atoms with Crippen molar-refractivity contribution in [1.29, 1.82) is 0 Å². The van der Waals surface area contributed by atoms with Crippen LogP contribution in [0.3, 0.4) is 0 Å². The fourth-order valence-electron chi connectivity index (χ4n) is 5.24. The van der Waals surface area contributed by atoms with E-state index in [4.69, 9.17) is 4.74 Å². The number of hydrogen-bond donors (Lipinski definition) is 1. The van der Waals surface area contributed by atoms with Crippen LogP contribution in [0, 0.1) is 31.5 Å². The molecule has 0 saturated heterocycles. The Balaban J connectivity index is 1.93. The molecule has 3 rings (SSSR count). The Kier molecular flexibility index (Phi) is 10.00. The van der Waals surface area contributed by atoms with E-state index in [1.165, 1.54) is 11.1 Å². The van der Waals surface area contributed by atoms with Crippen molar-refractivity contribution in [3.63, 3.8) is 0 Å². The van der Waals surface area contributed by atoms with Crippen LogP contribution in [0.25, 0.3) is 0 Å². The first kappa shape index (κ1) is 29.7. The van der Waals surface area contributed by atoms with Gasteiger partial charge in [-0.1, -0.05) is 75.7 Å². The highest BCUT2D eigenvalue weighted by Gasteiger charge is 2.47. The van der Waals surface area contributed by atoms with Gasteiger partial charge in [0.05, 0.1) is 5.56 Å². The van der Waals surface area contributed by atoms with Crippen molar-refractivity contribution in [2.45, 2.75) is 58.7 Å². The first-order chi connectivity index (χ1) is 18.0. The molecule has 205 valence electrons. The monoisotopic (exact) mass is 528 g/mol. The third kappa shape index (κ3) is 6.96.